The molecular weight excluding hydrogens is 973 g/mol. The van der Waals surface area contributed by atoms with Crippen LogP contribution in [0, 0.1) is 0 Å². The van der Waals surface area contributed by atoms with Crippen LogP contribution in [-0.4, -0.2) is 37.2 Å². The Hall–Kier alpha value is -5.75. The second-order valence-corrected chi connectivity index (χ2v) is 19.5. The van der Waals surface area contributed by atoms with Gasteiger partial charge in [0.2, 0.25) is 0 Å². The van der Waals surface area contributed by atoms with Crippen molar-refractivity contribution >= 4 is 17.9 Å². The molecule has 0 rings (SSSR count). The zero-order chi connectivity index (χ0) is 57.1. The van der Waals surface area contributed by atoms with Crippen molar-refractivity contribution in [3.05, 3.63) is 194 Å². The Balaban J connectivity index is 4.45. The monoisotopic (exact) mass is 1080 g/mol. The molecule has 0 N–H and O–H groups in total. The van der Waals surface area contributed by atoms with Crippen LogP contribution in [0.1, 0.15) is 226 Å². The van der Waals surface area contributed by atoms with Crippen molar-refractivity contribution in [2.45, 2.75) is 232 Å². The molecule has 0 aromatic rings. The third kappa shape index (κ3) is 63.0. The van der Waals surface area contributed by atoms with E-state index in [0.717, 1.165) is 167 Å². The second kappa shape index (κ2) is 64.8. The highest BCUT2D eigenvalue weighted by atomic mass is 16.6. The van der Waals surface area contributed by atoms with Crippen molar-refractivity contribution < 1.29 is 28.6 Å². The summed E-state index contributed by atoms with van der Waals surface area (Å²) in [7, 11) is 0. The fraction of sp³-hybridized carbons (Fsp3) is 0.521. The van der Waals surface area contributed by atoms with E-state index in [1.807, 2.05) is 0 Å². The lowest BCUT2D eigenvalue weighted by Gasteiger charge is -2.18. The Morgan fingerprint density at radius 1 is 0.266 bits per heavy atom. The molecule has 438 valence electrons. The largest absolute Gasteiger partial charge is 0.462 e. The second-order valence-electron chi connectivity index (χ2n) is 19.5. The summed E-state index contributed by atoms with van der Waals surface area (Å²) in [6, 6.07) is 0. The fourth-order valence-electron chi connectivity index (χ4n) is 7.50. The Bertz CT molecular complexity index is 1920. The maximum absolute atomic E-state index is 12.8. The van der Waals surface area contributed by atoms with E-state index in [-0.39, 0.29) is 44.0 Å². The minimum Gasteiger partial charge on any atom is -0.462 e. The third-order valence-corrected chi connectivity index (χ3v) is 12.0. The van der Waals surface area contributed by atoms with Crippen molar-refractivity contribution in [2.75, 3.05) is 13.2 Å². The molecule has 0 aromatic carbocycles. The molecule has 1 atom stereocenters. The van der Waals surface area contributed by atoms with E-state index < -0.39 is 6.10 Å². The van der Waals surface area contributed by atoms with Gasteiger partial charge in [0.15, 0.2) is 6.10 Å². The zero-order valence-corrected chi connectivity index (χ0v) is 50.0. The molecule has 79 heavy (non-hydrogen) atoms. The Morgan fingerprint density at radius 2 is 0.494 bits per heavy atom. The number of ether oxygens (including phenoxy) is 3. The van der Waals surface area contributed by atoms with Gasteiger partial charge >= 0.3 is 17.9 Å². The van der Waals surface area contributed by atoms with Gasteiger partial charge in [0.25, 0.3) is 0 Å². The smallest absolute Gasteiger partial charge is 0.306 e. The lowest BCUT2D eigenvalue weighted by atomic mass is 10.1. The summed E-state index contributed by atoms with van der Waals surface area (Å²) in [6.07, 6.45) is 98.7. The topological polar surface area (TPSA) is 78.9 Å². The van der Waals surface area contributed by atoms with Crippen LogP contribution in [-0.2, 0) is 28.6 Å². The minimum absolute atomic E-state index is 0.126. The first-order valence-corrected chi connectivity index (χ1v) is 30.9. The van der Waals surface area contributed by atoms with Gasteiger partial charge in [-0.15, -0.1) is 0 Å². The zero-order valence-electron chi connectivity index (χ0n) is 50.0. The molecule has 0 heterocycles. The summed E-state index contributed by atoms with van der Waals surface area (Å²) in [4.78, 5) is 38.2. The minimum atomic E-state index is -0.835. The highest BCUT2D eigenvalue weighted by Crippen LogP contribution is 2.12. The summed E-state index contributed by atoms with van der Waals surface area (Å²) >= 11 is 0. The van der Waals surface area contributed by atoms with E-state index >= 15 is 0 Å². The van der Waals surface area contributed by atoms with Gasteiger partial charge in [-0.05, 0) is 161 Å². The number of esters is 3. The molecule has 0 aromatic heterocycles. The molecular formula is C73H110O6. The number of carbonyl (C=O) groups is 3. The van der Waals surface area contributed by atoms with Crippen LogP contribution in [0.2, 0.25) is 0 Å². The first-order chi connectivity index (χ1) is 39.0. The summed E-state index contributed by atoms with van der Waals surface area (Å²) in [5.41, 5.74) is 0. The standard InChI is InChI=1S/C73H110O6/c1-4-7-10-13-16-19-22-25-27-28-29-30-31-32-33-34-35-36-37-38-39-40-41-42-43-44-46-48-51-54-57-60-63-66-72(75)78-69-70(68-77-71(74)65-62-59-56-53-50-47-24-21-18-15-12-9-6-3)79-73(76)67-64-61-58-55-52-49-45-26-23-20-17-14-11-8-5-2/h7-8,10-12,15-17,19-21,24-27,29-30,32-33,35-36,38-39,41-42,44-46,51-52,54-55,70H,4-6,9,13-14,18,22-23,28,31,34,37,40,43,47-50,53,56-69H2,1-3H3/b10-7-,11-8-,15-12-,19-16-,20-17-,24-21-,27-25-,30-29-,33-32-,36-35-,39-38-,42-41-,45-26-,46-44-,54-51-,55-52-. The molecule has 0 amide bonds. The highest BCUT2D eigenvalue weighted by molar-refractivity contribution is 5.71. The molecule has 0 spiro atoms. The number of hydrogen-bond donors (Lipinski definition) is 0. The van der Waals surface area contributed by atoms with Crippen LogP contribution in [0.4, 0.5) is 0 Å². The molecule has 0 saturated carbocycles. The van der Waals surface area contributed by atoms with Gasteiger partial charge in [-0.25, -0.2) is 0 Å². The van der Waals surface area contributed by atoms with Crippen molar-refractivity contribution in [1.29, 1.82) is 0 Å². The van der Waals surface area contributed by atoms with Crippen LogP contribution in [0.15, 0.2) is 194 Å². The van der Waals surface area contributed by atoms with Gasteiger partial charge in [0, 0.05) is 19.3 Å². The van der Waals surface area contributed by atoms with E-state index in [1.165, 1.54) is 6.42 Å². The number of rotatable bonds is 53. The van der Waals surface area contributed by atoms with Crippen LogP contribution in [0.3, 0.4) is 0 Å². The Labute approximate surface area is 484 Å². The van der Waals surface area contributed by atoms with Gasteiger partial charge in [-0.1, -0.05) is 241 Å². The summed E-state index contributed by atoms with van der Waals surface area (Å²) in [5.74, 6) is -1.04. The quantitative estimate of drug-likeness (QED) is 0.0261. The predicted molar refractivity (Wildman–Crippen MR) is 343 cm³/mol. The number of allylic oxidation sites excluding steroid dienone is 32. The predicted octanol–water partition coefficient (Wildman–Crippen LogP) is 21.4. The molecule has 6 nitrogen and oxygen atoms in total. The lowest BCUT2D eigenvalue weighted by molar-refractivity contribution is -0.167. The van der Waals surface area contributed by atoms with Gasteiger partial charge in [0.1, 0.15) is 13.2 Å². The van der Waals surface area contributed by atoms with E-state index in [1.54, 1.807) is 0 Å². The van der Waals surface area contributed by atoms with E-state index in [4.69, 9.17) is 14.2 Å². The van der Waals surface area contributed by atoms with Crippen molar-refractivity contribution in [3.8, 4) is 0 Å². The number of carbonyl (C=O) groups excluding carboxylic acids is 3. The van der Waals surface area contributed by atoms with E-state index in [0.29, 0.717) is 19.3 Å². The molecule has 0 radical (unpaired) electrons. The highest BCUT2D eigenvalue weighted by Gasteiger charge is 2.19. The maximum Gasteiger partial charge on any atom is 0.306 e. The molecule has 0 aliphatic rings. The third-order valence-electron chi connectivity index (χ3n) is 12.0. The summed E-state index contributed by atoms with van der Waals surface area (Å²) < 4.78 is 16.8. The number of unbranched alkanes of at least 4 members (excludes halogenated alkanes) is 10. The summed E-state index contributed by atoms with van der Waals surface area (Å²) in [6.45, 7) is 6.23. The molecule has 0 aliphatic carbocycles. The molecule has 0 saturated heterocycles. The molecule has 0 bridgehead atoms. The van der Waals surface area contributed by atoms with Gasteiger partial charge in [-0.2, -0.15) is 0 Å². The normalized spacial score (nSPS) is 13.5. The van der Waals surface area contributed by atoms with Crippen LogP contribution >= 0.6 is 0 Å². The fourth-order valence-corrected chi connectivity index (χ4v) is 7.50. The van der Waals surface area contributed by atoms with Gasteiger partial charge in [-0.3, -0.25) is 14.4 Å². The van der Waals surface area contributed by atoms with Gasteiger partial charge < -0.3 is 14.2 Å². The Kier molecular flexibility index (Phi) is 60.1. The van der Waals surface area contributed by atoms with Crippen molar-refractivity contribution in [2.24, 2.45) is 0 Å². The van der Waals surface area contributed by atoms with Crippen molar-refractivity contribution in [3.63, 3.8) is 0 Å². The SMILES string of the molecule is CC/C=C\C/C=C\C/C=C\C/C=C\C/C=C\C/C=C\C/C=C\C/C=C\C/C=C\C/C=C\CCCCC(=O)OCC(COC(=O)CCCCCCC/C=C\C/C=C\CCC)OC(=O)CCCC/C=C\C/C=C\C/C=C\C/C=C\CC. The van der Waals surface area contributed by atoms with Gasteiger partial charge in [0.05, 0.1) is 0 Å². The molecule has 1 unspecified atom stereocenters. The first-order valence-electron chi connectivity index (χ1n) is 30.9. The summed E-state index contributed by atoms with van der Waals surface area (Å²) in [5, 5.41) is 0. The average molecular weight is 1080 g/mol. The van der Waals surface area contributed by atoms with E-state index in [9.17, 15) is 14.4 Å². The molecule has 6 heteroatoms. The Morgan fingerprint density at radius 3 is 0.797 bits per heavy atom. The maximum atomic E-state index is 12.8. The number of hydrogen-bond acceptors (Lipinski definition) is 6. The van der Waals surface area contributed by atoms with E-state index in [2.05, 4.69) is 215 Å². The molecule has 0 fully saturated rings. The van der Waals surface area contributed by atoms with Crippen LogP contribution in [0.25, 0.3) is 0 Å². The van der Waals surface area contributed by atoms with Crippen LogP contribution in [0.5, 0.6) is 0 Å². The average Bonchev–Trinajstić information content (AvgIpc) is 3.45. The van der Waals surface area contributed by atoms with Crippen LogP contribution < -0.4 is 0 Å². The molecule has 0 aliphatic heterocycles. The first kappa shape index (κ1) is 73.2. The van der Waals surface area contributed by atoms with Crippen molar-refractivity contribution in [1.82, 2.24) is 0 Å². The lowest BCUT2D eigenvalue weighted by Crippen LogP contribution is -2.30.